The summed E-state index contributed by atoms with van der Waals surface area (Å²) in [7, 11) is 2.89. The number of oxazole rings is 1. The van der Waals surface area contributed by atoms with E-state index in [0.29, 0.717) is 17.9 Å². The number of aliphatic hydroxyl groups excluding tert-OH is 2. The Bertz CT molecular complexity index is 1490. The summed E-state index contributed by atoms with van der Waals surface area (Å²) in [6, 6.07) is 0. The van der Waals surface area contributed by atoms with Gasteiger partial charge < -0.3 is 39.4 Å². The summed E-state index contributed by atoms with van der Waals surface area (Å²) in [6.07, 6.45) is 14.7. The molecule has 8 atom stereocenters. The number of rotatable bonds is 16. The molecule has 12 nitrogen and oxygen atoms in total. The number of aryl methyl sites for hydroxylation is 1. The third-order valence-electron chi connectivity index (χ3n) is 9.97. The first-order valence-electron chi connectivity index (χ1n) is 16.6. The van der Waals surface area contributed by atoms with Gasteiger partial charge in [-0.15, -0.1) is 0 Å². The molecule has 4 N–H and O–H groups in total. The average molecular weight is 684 g/mol. The molecule has 0 saturated carbocycles. The van der Waals surface area contributed by atoms with Crippen LogP contribution in [0.1, 0.15) is 59.6 Å². The van der Waals surface area contributed by atoms with Crippen LogP contribution in [0.15, 0.2) is 70.9 Å². The average Bonchev–Trinajstić information content (AvgIpc) is 3.55. The van der Waals surface area contributed by atoms with Crippen LogP contribution in [0, 0.1) is 24.2 Å². The fourth-order valence-corrected chi connectivity index (χ4v) is 6.76. The van der Waals surface area contributed by atoms with Gasteiger partial charge in [-0.1, -0.05) is 68.5 Å². The molecular formula is C37H53N3O9. The summed E-state index contributed by atoms with van der Waals surface area (Å²) in [5, 5.41) is 36.5. The zero-order valence-corrected chi connectivity index (χ0v) is 30.0. The fourth-order valence-electron chi connectivity index (χ4n) is 6.76. The number of carbonyl (C=O) groups excluding carboxylic acids is 3. The molecule has 2 fully saturated rings. The Kier molecular flexibility index (Phi) is 13.1. The molecule has 270 valence electrons. The summed E-state index contributed by atoms with van der Waals surface area (Å²) in [5.41, 5.74) is -3.88. The first-order valence-corrected chi connectivity index (χ1v) is 16.6. The number of hydrogen-bond donors (Lipinski definition) is 4. The van der Waals surface area contributed by atoms with Gasteiger partial charge in [-0.2, -0.15) is 0 Å². The van der Waals surface area contributed by atoms with E-state index in [1.165, 1.54) is 19.1 Å². The fraction of sp³-hybridized carbons (Fsp3) is 0.568. The highest BCUT2D eigenvalue weighted by molar-refractivity contribution is 5.99. The van der Waals surface area contributed by atoms with Gasteiger partial charge >= 0.3 is 5.97 Å². The van der Waals surface area contributed by atoms with E-state index < -0.39 is 58.8 Å². The summed E-state index contributed by atoms with van der Waals surface area (Å²) >= 11 is 0. The standard InChI is InChI=1S/C37H53N3O9/c1-23(17-13-10-11-14-18-28-22-39-27(5)49-28)31(42)35(6,7)33(44)38-20-16-12-15-19-29(41)24(2)21-30(47-9)37(46)25(3)32(43)40(8)36(37)26(4)48-34(36)45/h10-17,19,22,24-26,29-31,41-42,46H,18,20-21H2,1-9H3,(H,38,44)/b13-10-,14-11+,16-12+,19-15+,23-17-. The number of aliphatic hydroxyl groups is 3. The number of esters is 1. The maximum atomic E-state index is 12.9. The molecular weight excluding hydrogens is 630 g/mol. The lowest BCUT2D eigenvalue weighted by Crippen LogP contribution is -2.80. The molecule has 0 aliphatic carbocycles. The Labute approximate surface area is 289 Å². The Morgan fingerprint density at radius 2 is 1.84 bits per heavy atom. The molecule has 0 radical (unpaired) electrons. The number of aromatic nitrogens is 1. The van der Waals surface area contributed by atoms with E-state index >= 15 is 0 Å². The highest BCUT2D eigenvalue weighted by Crippen LogP contribution is 2.54. The second kappa shape index (κ2) is 16.2. The van der Waals surface area contributed by atoms with Crippen LogP contribution in [-0.4, -0.2) is 99.2 Å². The first kappa shape index (κ1) is 39.6. The molecule has 12 heteroatoms. The maximum absolute atomic E-state index is 12.9. The van der Waals surface area contributed by atoms with Gasteiger partial charge in [-0.3, -0.25) is 9.59 Å². The minimum atomic E-state index is -1.86. The SMILES string of the molecule is COC(CC(C)C(O)/C=C/C=C/CNC(=O)C(C)(C)C(O)\C(C)=C/C=C\C=C\Cc1cnc(C)o1)C1(O)C(C)C(=O)N(C)C12C(=O)OC2C. The molecule has 8 unspecified atom stereocenters. The van der Waals surface area contributed by atoms with Crippen molar-refractivity contribution in [3.8, 4) is 0 Å². The minimum Gasteiger partial charge on any atom is -0.457 e. The predicted molar refractivity (Wildman–Crippen MR) is 184 cm³/mol. The van der Waals surface area contributed by atoms with E-state index in [0.717, 1.165) is 5.76 Å². The topological polar surface area (TPSA) is 172 Å². The molecule has 0 bridgehead atoms. The van der Waals surface area contributed by atoms with E-state index in [-0.39, 0.29) is 24.8 Å². The number of ether oxygens (including phenoxy) is 2. The molecule has 3 rings (SSSR count). The third-order valence-corrected chi connectivity index (χ3v) is 9.97. The summed E-state index contributed by atoms with van der Waals surface area (Å²) in [4.78, 5) is 43.9. The van der Waals surface area contributed by atoms with Crippen molar-refractivity contribution in [2.45, 2.75) is 96.9 Å². The number of allylic oxidation sites excluding steroid dienone is 7. The lowest BCUT2D eigenvalue weighted by atomic mass is 9.65. The second-order valence-corrected chi connectivity index (χ2v) is 13.6. The van der Waals surface area contributed by atoms with Crippen LogP contribution in [0.4, 0.5) is 0 Å². The zero-order valence-electron chi connectivity index (χ0n) is 30.0. The molecule has 1 aromatic heterocycles. The van der Waals surface area contributed by atoms with E-state index in [2.05, 4.69) is 10.3 Å². The molecule has 2 saturated heterocycles. The van der Waals surface area contributed by atoms with Crippen molar-refractivity contribution in [1.29, 1.82) is 0 Å². The van der Waals surface area contributed by atoms with Crippen LogP contribution in [0.5, 0.6) is 0 Å². The van der Waals surface area contributed by atoms with E-state index in [4.69, 9.17) is 13.9 Å². The maximum Gasteiger partial charge on any atom is 0.339 e. The monoisotopic (exact) mass is 683 g/mol. The van der Waals surface area contributed by atoms with E-state index in [1.54, 1.807) is 91.1 Å². The Balaban J connectivity index is 1.49. The predicted octanol–water partition coefficient (Wildman–Crippen LogP) is 3.13. The highest BCUT2D eigenvalue weighted by Gasteiger charge is 2.80. The van der Waals surface area contributed by atoms with Crippen molar-refractivity contribution in [3.05, 3.63) is 78.1 Å². The van der Waals surface area contributed by atoms with Crippen molar-refractivity contribution in [3.63, 3.8) is 0 Å². The number of likely N-dealkylation sites (tertiary alicyclic amines) is 1. The van der Waals surface area contributed by atoms with Crippen molar-refractivity contribution >= 4 is 17.8 Å². The number of nitrogens with zero attached hydrogens (tertiary/aromatic N) is 2. The van der Waals surface area contributed by atoms with Crippen molar-refractivity contribution in [2.24, 2.45) is 17.3 Å². The first-order chi connectivity index (χ1) is 23.0. The molecule has 2 aliphatic rings. The van der Waals surface area contributed by atoms with Gasteiger partial charge in [0.05, 0.1) is 35.8 Å². The number of likely N-dealkylation sites (N-methyl/N-ethyl adjacent to an activating group) is 1. The van der Waals surface area contributed by atoms with Gasteiger partial charge in [0.1, 0.15) is 17.5 Å². The number of cyclic esters (lactones) is 1. The Hall–Kier alpha value is -3.84. The normalized spacial score (nSPS) is 27.4. The lowest BCUT2D eigenvalue weighted by Gasteiger charge is -2.55. The Morgan fingerprint density at radius 1 is 1.16 bits per heavy atom. The molecule has 0 aromatic carbocycles. The van der Waals surface area contributed by atoms with E-state index in [9.17, 15) is 29.7 Å². The lowest BCUT2D eigenvalue weighted by molar-refractivity contribution is -0.255. The summed E-state index contributed by atoms with van der Waals surface area (Å²) < 4.78 is 16.3. The van der Waals surface area contributed by atoms with E-state index in [1.807, 2.05) is 18.2 Å². The van der Waals surface area contributed by atoms with Gasteiger partial charge in [0.2, 0.25) is 17.4 Å². The van der Waals surface area contributed by atoms with Crippen molar-refractivity contribution in [2.75, 3.05) is 20.7 Å². The van der Waals surface area contributed by atoms with Gasteiger partial charge in [0, 0.05) is 34.0 Å². The summed E-state index contributed by atoms with van der Waals surface area (Å²) in [6.45, 7) is 12.1. The van der Waals surface area contributed by atoms with Crippen molar-refractivity contribution < 1.29 is 43.6 Å². The van der Waals surface area contributed by atoms with Crippen LogP contribution < -0.4 is 5.32 Å². The largest absolute Gasteiger partial charge is 0.457 e. The molecule has 2 amide bonds. The number of hydrogen-bond acceptors (Lipinski definition) is 10. The van der Waals surface area contributed by atoms with Gasteiger partial charge in [0.25, 0.3) is 0 Å². The number of nitrogens with one attached hydrogen (secondary N) is 1. The Morgan fingerprint density at radius 3 is 2.43 bits per heavy atom. The molecule has 49 heavy (non-hydrogen) atoms. The van der Waals surface area contributed by atoms with Crippen LogP contribution in [-0.2, 0) is 30.3 Å². The van der Waals surface area contributed by atoms with Crippen LogP contribution in [0.3, 0.4) is 0 Å². The van der Waals surface area contributed by atoms with Gasteiger partial charge in [0.15, 0.2) is 5.89 Å². The molecule has 3 heterocycles. The molecule has 1 aromatic rings. The minimum absolute atomic E-state index is 0.159. The van der Waals surface area contributed by atoms with Gasteiger partial charge in [-0.25, -0.2) is 9.78 Å². The smallest absolute Gasteiger partial charge is 0.339 e. The number of carbonyl (C=O) groups is 3. The summed E-state index contributed by atoms with van der Waals surface area (Å²) in [5.74, 6) is -1.31. The highest BCUT2D eigenvalue weighted by atomic mass is 16.6. The van der Waals surface area contributed by atoms with Crippen LogP contribution in [0.2, 0.25) is 0 Å². The quantitative estimate of drug-likeness (QED) is 0.150. The number of methoxy groups -OCH3 is 1. The van der Waals surface area contributed by atoms with Crippen LogP contribution >= 0.6 is 0 Å². The van der Waals surface area contributed by atoms with Crippen molar-refractivity contribution in [1.82, 2.24) is 15.2 Å². The second-order valence-electron chi connectivity index (χ2n) is 13.6. The zero-order chi connectivity index (χ0) is 36.7. The molecule has 2 aliphatic heterocycles. The molecule has 1 spiro atoms. The van der Waals surface area contributed by atoms with Gasteiger partial charge in [-0.05, 0) is 45.6 Å². The van der Waals surface area contributed by atoms with Crippen LogP contribution in [0.25, 0.3) is 0 Å². The third kappa shape index (κ3) is 7.82. The number of amides is 2.